The van der Waals surface area contributed by atoms with E-state index in [1.807, 2.05) is 6.92 Å². The summed E-state index contributed by atoms with van der Waals surface area (Å²) < 4.78 is 5.09. The standard InChI is InChI=1S/C26H23N3O7/c1-13-6-7-17(11-20(13)29(34)35)27-21(30)12-36-26(33)15-4-3-5-18(9-15)28-24(31)22-16-8-14(2)19(10-16)23(22)25(28)32/h3-9,11,16,19,22-23H,10,12H2,1-2H3,(H,27,30)/t16-,19+,22+,23-/m0/s1. The Labute approximate surface area is 206 Å². The number of amides is 3. The van der Waals surface area contributed by atoms with E-state index in [9.17, 15) is 29.3 Å². The molecule has 1 saturated carbocycles. The number of nitro groups is 1. The first-order valence-electron chi connectivity index (χ1n) is 11.5. The summed E-state index contributed by atoms with van der Waals surface area (Å²) in [6, 6.07) is 10.2. The number of esters is 1. The number of benzene rings is 2. The van der Waals surface area contributed by atoms with Gasteiger partial charge in [-0.05, 0) is 56.4 Å². The molecule has 1 heterocycles. The van der Waals surface area contributed by atoms with Crippen molar-refractivity contribution >= 4 is 40.8 Å². The molecule has 10 heteroatoms. The Bertz CT molecular complexity index is 1370. The fourth-order valence-corrected chi connectivity index (χ4v) is 5.60. The monoisotopic (exact) mass is 489 g/mol. The number of anilines is 2. The highest BCUT2D eigenvalue weighted by Gasteiger charge is 2.60. The van der Waals surface area contributed by atoms with Crippen molar-refractivity contribution in [3.63, 3.8) is 0 Å². The number of rotatable bonds is 6. The Kier molecular flexibility index (Phi) is 5.66. The third-order valence-corrected chi connectivity index (χ3v) is 7.24. The predicted octanol–water partition coefficient (Wildman–Crippen LogP) is 3.40. The summed E-state index contributed by atoms with van der Waals surface area (Å²) in [6.07, 6.45) is 2.92. The van der Waals surface area contributed by atoms with E-state index in [-0.39, 0.29) is 52.4 Å². The maximum Gasteiger partial charge on any atom is 0.338 e. The molecule has 184 valence electrons. The molecular weight excluding hydrogens is 466 g/mol. The Morgan fingerprint density at radius 2 is 1.86 bits per heavy atom. The highest BCUT2D eigenvalue weighted by molar-refractivity contribution is 6.23. The van der Waals surface area contributed by atoms with Crippen molar-refractivity contribution in [2.24, 2.45) is 23.7 Å². The SMILES string of the molecule is CC1=C[C@H]2C[C@H]1[C@@H]1C(=O)N(c3cccc(C(=O)OCC(=O)Nc4ccc(C)c([N+](=O)[O-])c4)c3)C(=O)[C@@H]12. The minimum Gasteiger partial charge on any atom is -0.452 e. The first-order valence-corrected chi connectivity index (χ1v) is 11.5. The molecular formula is C26H23N3O7. The molecule has 5 rings (SSSR count). The van der Waals surface area contributed by atoms with Crippen LogP contribution in [-0.2, 0) is 19.1 Å². The van der Waals surface area contributed by atoms with E-state index in [0.29, 0.717) is 11.3 Å². The Hall–Kier alpha value is -4.34. The summed E-state index contributed by atoms with van der Waals surface area (Å²) >= 11 is 0. The fraction of sp³-hybridized carbons (Fsp3) is 0.308. The number of nitrogens with one attached hydrogen (secondary N) is 1. The average Bonchev–Trinajstić information content (AvgIpc) is 3.48. The molecule has 36 heavy (non-hydrogen) atoms. The van der Waals surface area contributed by atoms with Gasteiger partial charge in [-0.15, -0.1) is 0 Å². The van der Waals surface area contributed by atoms with Crippen LogP contribution >= 0.6 is 0 Å². The highest BCUT2D eigenvalue weighted by Crippen LogP contribution is 2.55. The Morgan fingerprint density at radius 3 is 2.61 bits per heavy atom. The van der Waals surface area contributed by atoms with Gasteiger partial charge < -0.3 is 10.1 Å². The van der Waals surface area contributed by atoms with E-state index in [0.717, 1.165) is 16.9 Å². The van der Waals surface area contributed by atoms with Crippen LogP contribution in [-0.4, -0.2) is 35.2 Å². The number of imide groups is 1. The van der Waals surface area contributed by atoms with Crippen LogP contribution in [0.5, 0.6) is 0 Å². The van der Waals surface area contributed by atoms with Gasteiger partial charge in [-0.2, -0.15) is 0 Å². The van der Waals surface area contributed by atoms with Gasteiger partial charge in [0.1, 0.15) is 0 Å². The number of carbonyl (C=O) groups is 4. The van der Waals surface area contributed by atoms with Crippen molar-refractivity contribution in [2.45, 2.75) is 20.3 Å². The molecule has 2 aliphatic carbocycles. The zero-order chi connectivity index (χ0) is 25.7. The second-order valence-electron chi connectivity index (χ2n) is 9.41. The lowest BCUT2D eigenvalue weighted by Gasteiger charge is -2.19. The molecule has 2 aromatic rings. The van der Waals surface area contributed by atoms with Gasteiger partial charge in [-0.1, -0.05) is 23.8 Å². The molecule has 0 unspecified atom stereocenters. The summed E-state index contributed by atoms with van der Waals surface area (Å²) in [5, 5.41) is 13.5. The number of hydrogen-bond donors (Lipinski definition) is 1. The zero-order valence-electron chi connectivity index (χ0n) is 19.6. The third kappa shape index (κ3) is 3.84. The lowest BCUT2D eigenvalue weighted by atomic mass is 9.82. The summed E-state index contributed by atoms with van der Waals surface area (Å²) in [5.74, 6) is -2.54. The number of hydrogen-bond acceptors (Lipinski definition) is 7. The number of aryl methyl sites for hydroxylation is 1. The molecule has 2 aromatic carbocycles. The van der Waals surface area contributed by atoms with Crippen LogP contribution in [0.25, 0.3) is 0 Å². The van der Waals surface area contributed by atoms with Gasteiger partial charge in [0, 0.05) is 17.3 Å². The lowest BCUT2D eigenvalue weighted by molar-refractivity contribution is -0.385. The molecule has 2 fully saturated rings. The summed E-state index contributed by atoms with van der Waals surface area (Å²) in [7, 11) is 0. The number of nitrogens with zero attached hydrogens (tertiary/aromatic N) is 2. The normalized spacial score (nSPS) is 23.9. The second kappa shape index (κ2) is 8.71. The average molecular weight is 489 g/mol. The van der Waals surface area contributed by atoms with Crippen LogP contribution in [0.2, 0.25) is 0 Å². The molecule has 3 amide bonds. The van der Waals surface area contributed by atoms with Crippen molar-refractivity contribution in [3.8, 4) is 0 Å². The Balaban J connectivity index is 1.24. The van der Waals surface area contributed by atoms with Gasteiger partial charge in [0.2, 0.25) is 11.8 Å². The molecule has 0 radical (unpaired) electrons. The maximum atomic E-state index is 13.2. The number of ether oxygens (including phenoxy) is 1. The molecule has 2 bridgehead atoms. The molecule has 1 aliphatic heterocycles. The summed E-state index contributed by atoms with van der Waals surface area (Å²) in [5.41, 5.74) is 2.03. The van der Waals surface area contributed by atoms with Crippen molar-refractivity contribution < 1.29 is 28.8 Å². The number of fused-ring (bicyclic) bond motifs is 5. The maximum absolute atomic E-state index is 13.2. The molecule has 10 nitrogen and oxygen atoms in total. The number of allylic oxidation sites excluding steroid dienone is 2. The fourth-order valence-electron chi connectivity index (χ4n) is 5.60. The van der Waals surface area contributed by atoms with Gasteiger partial charge >= 0.3 is 5.97 Å². The zero-order valence-corrected chi connectivity index (χ0v) is 19.6. The largest absolute Gasteiger partial charge is 0.452 e. The van der Waals surface area contributed by atoms with Crippen LogP contribution in [0.3, 0.4) is 0 Å². The first-order chi connectivity index (χ1) is 17.2. The van der Waals surface area contributed by atoms with Crippen LogP contribution in [0.15, 0.2) is 54.1 Å². The van der Waals surface area contributed by atoms with Gasteiger partial charge in [0.15, 0.2) is 6.61 Å². The Morgan fingerprint density at radius 1 is 1.11 bits per heavy atom. The topological polar surface area (TPSA) is 136 Å². The van der Waals surface area contributed by atoms with Crippen LogP contribution in [0.1, 0.15) is 29.3 Å². The van der Waals surface area contributed by atoms with Crippen LogP contribution in [0, 0.1) is 40.7 Å². The quantitative estimate of drug-likeness (QED) is 0.216. The van der Waals surface area contributed by atoms with Gasteiger partial charge in [0.25, 0.3) is 11.6 Å². The lowest BCUT2D eigenvalue weighted by Crippen LogP contribution is -2.33. The first kappa shape index (κ1) is 23.4. The molecule has 1 N–H and O–H groups in total. The van der Waals surface area contributed by atoms with E-state index in [1.54, 1.807) is 19.1 Å². The molecule has 3 aliphatic rings. The van der Waals surface area contributed by atoms with E-state index in [4.69, 9.17) is 4.74 Å². The van der Waals surface area contributed by atoms with Crippen molar-refractivity contribution in [1.82, 2.24) is 0 Å². The van der Waals surface area contributed by atoms with E-state index < -0.39 is 23.4 Å². The summed E-state index contributed by atoms with van der Waals surface area (Å²) in [6.45, 7) is 2.95. The van der Waals surface area contributed by atoms with Crippen LogP contribution in [0.4, 0.5) is 17.1 Å². The minimum absolute atomic E-state index is 0.0723. The highest BCUT2D eigenvalue weighted by atomic mass is 16.6. The van der Waals surface area contributed by atoms with E-state index >= 15 is 0 Å². The van der Waals surface area contributed by atoms with Gasteiger partial charge in [0.05, 0.1) is 28.0 Å². The van der Waals surface area contributed by atoms with E-state index in [1.165, 1.54) is 30.3 Å². The summed E-state index contributed by atoms with van der Waals surface area (Å²) in [4.78, 5) is 62.8. The second-order valence-corrected chi connectivity index (χ2v) is 9.41. The predicted molar refractivity (Wildman–Crippen MR) is 128 cm³/mol. The van der Waals surface area contributed by atoms with Crippen LogP contribution < -0.4 is 10.2 Å². The number of nitro benzene ring substituents is 1. The minimum atomic E-state index is -0.807. The van der Waals surface area contributed by atoms with Crippen molar-refractivity contribution in [1.29, 1.82) is 0 Å². The molecule has 4 atom stereocenters. The number of carbonyl (C=O) groups excluding carboxylic acids is 4. The smallest absolute Gasteiger partial charge is 0.338 e. The molecule has 0 aromatic heterocycles. The van der Waals surface area contributed by atoms with Crippen molar-refractivity contribution in [3.05, 3.63) is 75.4 Å². The van der Waals surface area contributed by atoms with Crippen molar-refractivity contribution in [2.75, 3.05) is 16.8 Å². The van der Waals surface area contributed by atoms with Gasteiger partial charge in [-0.3, -0.25) is 24.5 Å². The molecule has 0 spiro atoms. The third-order valence-electron chi connectivity index (χ3n) is 7.24. The van der Waals surface area contributed by atoms with E-state index in [2.05, 4.69) is 11.4 Å². The van der Waals surface area contributed by atoms with Gasteiger partial charge in [-0.25, -0.2) is 9.69 Å². The molecule has 1 saturated heterocycles.